The Morgan fingerprint density at radius 3 is 2.56 bits per heavy atom. The highest BCUT2D eigenvalue weighted by Crippen LogP contribution is 2.15. The fourth-order valence-corrected chi connectivity index (χ4v) is 2.43. The zero-order valence-electron chi connectivity index (χ0n) is 11.4. The number of nitrogens with zero attached hydrogens (tertiary/aromatic N) is 2. The summed E-state index contributed by atoms with van der Waals surface area (Å²) in [5.41, 5.74) is 11.9. The van der Waals surface area contributed by atoms with E-state index in [2.05, 4.69) is 54.8 Å². The van der Waals surface area contributed by atoms with Crippen LogP contribution in [0.25, 0.3) is 0 Å². The Morgan fingerprint density at radius 1 is 1.22 bits per heavy atom. The summed E-state index contributed by atoms with van der Waals surface area (Å²) >= 11 is 0. The number of nitrogens with two attached hydrogens (primary N) is 1. The number of hydrogen-bond donors (Lipinski definition) is 1. The van der Waals surface area contributed by atoms with Crippen molar-refractivity contribution in [1.82, 2.24) is 9.78 Å². The largest absolute Gasteiger partial charge is 0.326 e. The van der Waals surface area contributed by atoms with Crippen molar-refractivity contribution in [3.63, 3.8) is 0 Å². The second kappa shape index (κ2) is 5.36. The maximum atomic E-state index is 5.67. The monoisotopic (exact) mass is 243 g/mol. The first-order valence-corrected chi connectivity index (χ1v) is 6.46. The molecule has 0 fully saturated rings. The average molecular weight is 243 g/mol. The molecule has 3 heteroatoms. The van der Waals surface area contributed by atoms with E-state index in [1.165, 1.54) is 22.4 Å². The summed E-state index contributed by atoms with van der Waals surface area (Å²) in [7, 11) is 0. The van der Waals surface area contributed by atoms with E-state index in [-0.39, 0.29) is 0 Å². The normalized spacial score (nSPS) is 10.9. The lowest BCUT2D eigenvalue weighted by molar-refractivity contribution is 0.657. The predicted octanol–water partition coefficient (Wildman–Crippen LogP) is 2.57. The molecule has 0 spiro atoms. The van der Waals surface area contributed by atoms with Crippen molar-refractivity contribution in [2.45, 2.75) is 40.3 Å². The van der Waals surface area contributed by atoms with Crippen LogP contribution >= 0.6 is 0 Å². The van der Waals surface area contributed by atoms with Gasteiger partial charge in [-0.05, 0) is 37.0 Å². The fraction of sp³-hybridized carbons (Fsp3) is 0.400. The Morgan fingerprint density at radius 2 is 1.94 bits per heavy atom. The van der Waals surface area contributed by atoms with Crippen LogP contribution in [0.1, 0.15) is 35.0 Å². The molecule has 0 aliphatic carbocycles. The van der Waals surface area contributed by atoms with Crippen LogP contribution in [-0.2, 0) is 19.5 Å². The van der Waals surface area contributed by atoms with Crippen LogP contribution in [0.15, 0.2) is 24.3 Å². The third kappa shape index (κ3) is 2.46. The topological polar surface area (TPSA) is 43.8 Å². The molecule has 0 amide bonds. The molecule has 1 aromatic carbocycles. The van der Waals surface area contributed by atoms with Gasteiger partial charge in [0.25, 0.3) is 0 Å². The number of rotatable bonds is 4. The molecule has 0 aliphatic heterocycles. The molecule has 2 N–H and O–H groups in total. The van der Waals surface area contributed by atoms with E-state index in [1.807, 2.05) is 0 Å². The molecular weight excluding hydrogens is 222 g/mol. The van der Waals surface area contributed by atoms with Gasteiger partial charge >= 0.3 is 0 Å². The number of aryl methyl sites for hydroxylation is 1. The van der Waals surface area contributed by atoms with E-state index >= 15 is 0 Å². The highest BCUT2D eigenvalue weighted by atomic mass is 15.3. The average Bonchev–Trinajstić information content (AvgIpc) is 2.64. The molecule has 1 aromatic heterocycles. The fourth-order valence-electron chi connectivity index (χ4n) is 2.43. The summed E-state index contributed by atoms with van der Waals surface area (Å²) in [6, 6.07) is 8.40. The van der Waals surface area contributed by atoms with Gasteiger partial charge in [0.1, 0.15) is 0 Å². The minimum absolute atomic E-state index is 0.588. The molecular formula is C15H21N3. The molecule has 2 aromatic rings. The van der Waals surface area contributed by atoms with Gasteiger partial charge in [-0.1, -0.05) is 31.2 Å². The van der Waals surface area contributed by atoms with Gasteiger partial charge in [0.05, 0.1) is 12.2 Å². The smallest absolute Gasteiger partial charge is 0.0662 e. The molecule has 0 bridgehead atoms. The first kappa shape index (κ1) is 12.8. The molecule has 0 saturated heterocycles. The number of hydrogen-bond acceptors (Lipinski definition) is 2. The third-order valence-corrected chi connectivity index (χ3v) is 3.44. The van der Waals surface area contributed by atoms with E-state index in [0.717, 1.165) is 18.7 Å². The molecule has 0 unspecified atom stereocenters. The van der Waals surface area contributed by atoms with Crippen LogP contribution in [0.4, 0.5) is 0 Å². The minimum Gasteiger partial charge on any atom is -0.326 e. The first-order valence-electron chi connectivity index (χ1n) is 6.46. The van der Waals surface area contributed by atoms with Crippen molar-refractivity contribution in [2.24, 2.45) is 5.73 Å². The maximum absolute atomic E-state index is 5.67. The Kier molecular flexibility index (Phi) is 3.82. The Labute approximate surface area is 109 Å². The van der Waals surface area contributed by atoms with Crippen molar-refractivity contribution >= 4 is 0 Å². The van der Waals surface area contributed by atoms with Gasteiger partial charge in [0.2, 0.25) is 0 Å². The van der Waals surface area contributed by atoms with Gasteiger partial charge in [0.15, 0.2) is 0 Å². The van der Waals surface area contributed by atoms with Gasteiger partial charge < -0.3 is 5.73 Å². The van der Waals surface area contributed by atoms with Crippen molar-refractivity contribution in [1.29, 1.82) is 0 Å². The SMILES string of the molecule is CCc1c(C)nn(Cc2cccc(CN)c2)c1C. The van der Waals surface area contributed by atoms with Crippen LogP contribution in [0.5, 0.6) is 0 Å². The van der Waals surface area contributed by atoms with Crippen molar-refractivity contribution in [3.8, 4) is 0 Å². The summed E-state index contributed by atoms with van der Waals surface area (Å²) in [6.45, 7) is 7.81. The van der Waals surface area contributed by atoms with E-state index in [0.29, 0.717) is 6.54 Å². The predicted molar refractivity (Wildman–Crippen MR) is 74.5 cm³/mol. The lowest BCUT2D eigenvalue weighted by Gasteiger charge is -2.07. The van der Waals surface area contributed by atoms with Gasteiger partial charge in [-0.25, -0.2) is 0 Å². The molecule has 18 heavy (non-hydrogen) atoms. The highest BCUT2D eigenvalue weighted by molar-refractivity contribution is 5.27. The third-order valence-electron chi connectivity index (χ3n) is 3.44. The molecule has 1 heterocycles. The molecule has 0 atom stereocenters. The summed E-state index contributed by atoms with van der Waals surface area (Å²) in [6.07, 6.45) is 1.04. The zero-order chi connectivity index (χ0) is 13.1. The van der Waals surface area contributed by atoms with Gasteiger partial charge in [-0.15, -0.1) is 0 Å². The maximum Gasteiger partial charge on any atom is 0.0662 e. The molecule has 0 aliphatic rings. The van der Waals surface area contributed by atoms with Crippen LogP contribution < -0.4 is 5.73 Å². The van der Waals surface area contributed by atoms with E-state index in [9.17, 15) is 0 Å². The molecule has 96 valence electrons. The lowest BCUT2D eigenvalue weighted by Crippen LogP contribution is -2.05. The summed E-state index contributed by atoms with van der Waals surface area (Å²) in [5, 5.41) is 4.62. The molecule has 2 rings (SSSR count). The van der Waals surface area contributed by atoms with Crippen LogP contribution in [0, 0.1) is 13.8 Å². The van der Waals surface area contributed by atoms with Crippen LogP contribution in [0.3, 0.4) is 0 Å². The Balaban J connectivity index is 2.28. The quantitative estimate of drug-likeness (QED) is 0.897. The van der Waals surface area contributed by atoms with E-state index < -0.39 is 0 Å². The minimum atomic E-state index is 0.588. The van der Waals surface area contributed by atoms with Crippen LogP contribution in [0.2, 0.25) is 0 Å². The van der Waals surface area contributed by atoms with Crippen LogP contribution in [-0.4, -0.2) is 9.78 Å². The molecule has 0 radical (unpaired) electrons. The Hall–Kier alpha value is -1.61. The zero-order valence-corrected chi connectivity index (χ0v) is 11.4. The van der Waals surface area contributed by atoms with Crippen molar-refractivity contribution in [3.05, 3.63) is 52.3 Å². The summed E-state index contributed by atoms with van der Waals surface area (Å²) in [4.78, 5) is 0. The highest BCUT2D eigenvalue weighted by Gasteiger charge is 2.09. The number of aromatic nitrogens is 2. The second-order valence-corrected chi connectivity index (χ2v) is 4.68. The van der Waals surface area contributed by atoms with Crippen molar-refractivity contribution in [2.75, 3.05) is 0 Å². The Bertz CT molecular complexity index is 541. The molecule has 0 saturated carbocycles. The second-order valence-electron chi connectivity index (χ2n) is 4.68. The van der Waals surface area contributed by atoms with Gasteiger partial charge in [-0.3, -0.25) is 4.68 Å². The number of benzene rings is 1. The first-order chi connectivity index (χ1) is 8.65. The van der Waals surface area contributed by atoms with Gasteiger partial charge in [-0.2, -0.15) is 5.10 Å². The van der Waals surface area contributed by atoms with Gasteiger partial charge in [0, 0.05) is 12.2 Å². The lowest BCUT2D eigenvalue weighted by atomic mass is 10.1. The van der Waals surface area contributed by atoms with Crippen molar-refractivity contribution < 1.29 is 0 Å². The van der Waals surface area contributed by atoms with E-state index in [1.54, 1.807) is 0 Å². The molecule has 3 nitrogen and oxygen atoms in total. The standard InChI is InChI=1S/C15H21N3/c1-4-15-11(2)17-18(12(15)3)10-14-7-5-6-13(8-14)9-16/h5-8H,4,9-10,16H2,1-3H3. The summed E-state index contributed by atoms with van der Waals surface area (Å²) < 4.78 is 2.09. The van der Waals surface area contributed by atoms with E-state index in [4.69, 9.17) is 5.73 Å². The summed E-state index contributed by atoms with van der Waals surface area (Å²) in [5.74, 6) is 0.